The minimum absolute atomic E-state index is 0.167. The Balaban J connectivity index is 1.83. The van der Waals surface area contributed by atoms with Crippen LogP contribution in [0.5, 0.6) is 0 Å². The van der Waals surface area contributed by atoms with Crippen LogP contribution in [0.2, 0.25) is 0 Å². The van der Waals surface area contributed by atoms with Crippen LogP contribution in [-0.2, 0) is 0 Å². The highest BCUT2D eigenvalue weighted by Crippen LogP contribution is 2.40. The summed E-state index contributed by atoms with van der Waals surface area (Å²) < 4.78 is 0. The van der Waals surface area contributed by atoms with Crippen LogP contribution in [-0.4, -0.2) is 48.0 Å². The molecule has 0 radical (unpaired) electrons. The number of aliphatic hydroxyl groups is 2. The van der Waals surface area contributed by atoms with Crippen molar-refractivity contribution < 1.29 is 10.2 Å². The van der Waals surface area contributed by atoms with Crippen LogP contribution in [0.15, 0.2) is 0 Å². The van der Waals surface area contributed by atoms with Gasteiger partial charge >= 0.3 is 0 Å². The molecule has 2 rings (SSSR count). The van der Waals surface area contributed by atoms with E-state index in [1.807, 2.05) is 0 Å². The molecular formula is C15H29NO2. The molecule has 0 spiro atoms. The fourth-order valence-corrected chi connectivity index (χ4v) is 3.69. The van der Waals surface area contributed by atoms with Crippen LogP contribution >= 0.6 is 0 Å². The number of hydrogen-bond donors (Lipinski definition) is 2. The zero-order valence-electron chi connectivity index (χ0n) is 11.8. The summed E-state index contributed by atoms with van der Waals surface area (Å²) in [7, 11) is 0. The molecule has 2 N–H and O–H groups in total. The van der Waals surface area contributed by atoms with Crippen LogP contribution in [0.25, 0.3) is 0 Å². The SMILES string of the molecule is CC1CCC(CO)(CN2CCC(CCO)C2)CC1. The van der Waals surface area contributed by atoms with Crippen molar-refractivity contribution in [3.63, 3.8) is 0 Å². The van der Waals surface area contributed by atoms with Crippen molar-refractivity contribution >= 4 is 0 Å². The van der Waals surface area contributed by atoms with Gasteiger partial charge in [-0.25, -0.2) is 0 Å². The second-order valence-electron chi connectivity index (χ2n) is 6.74. The van der Waals surface area contributed by atoms with Gasteiger partial charge < -0.3 is 15.1 Å². The fourth-order valence-electron chi connectivity index (χ4n) is 3.69. The summed E-state index contributed by atoms with van der Waals surface area (Å²) in [6.45, 7) is 6.34. The van der Waals surface area contributed by atoms with Gasteiger partial charge in [-0.15, -0.1) is 0 Å². The number of likely N-dealkylation sites (tertiary alicyclic amines) is 1. The zero-order chi connectivity index (χ0) is 13.0. The van der Waals surface area contributed by atoms with Gasteiger partial charge in [0.2, 0.25) is 0 Å². The zero-order valence-corrected chi connectivity index (χ0v) is 11.8. The predicted octanol–water partition coefficient (Wildman–Crippen LogP) is 1.88. The highest BCUT2D eigenvalue weighted by molar-refractivity contribution is 4.89. The predicted molar refractivity (Wildman–Crippen MR) is 73.4 cm³/mol. The Morgan fingerprint density at radius 2 is 1.89 bits per heavy atom. The highest BCUT2D eigenvalue weighted by atomic mass is 16.3. The van der Waals surface area contributed by atoms with Crippen molar-refractivity contribution in [2.75, 3.05) is 32.8 Å². The molecule has 1 heterocycles. The van der Waals surface area contributed by atoms with Crippen molar-refractivity contribution in [3.8, 4) is 0 Å². The first-order chi connectivity index (χ1) is 8.67. The molecule has 18 heavy (non-hydrogen) atoms. The normalized spacial score (nSPS) is 38.2. The standard InChI is InChI=1S/C15H29NO2/c1-13-2-6-15(12-18,7-3-13)11-16-8-4-14(10-16)5-9-17/h13-14,17-18H,2-12H2,1H3. The minimum Gasteiger partial charge on any atom is -0.396 e. The van der Waals surface area contributed by atoms with Gasteiger partial charge in [-0.05, 0) is 44.1 Å². The molecule has 1 unspecified atom stereocenters. The van der Waals surface area contributed by atoms with Crippen LogP contribution in [0, 0.1) is 17.3 Å². The van der Waals surface area contributed by atoms with Crippen LogP contribution in [0.1, 0.15) is 45.4 Å². The lowest BCUT2D eigenvalue weighted by Crippen LogP contribution is -2.41. The third-order valence-electron chi connectivity index (χ3n) is 5.14. The second kappa shape index (κ2) is 6.36. The molecule has 0 aromatic rings. The summed E-state index contributed by atoms with van der Waals surface area (Å²) in [5.41, 5.74) is 0.167. The van der Waals surface area contributed by atoms with E-state index in [2.05, 4.69) is 11.8 Å². The van der Waals surface area contributed by atoms with Gasteiger partial charge in [-0.2, -0.15) is 0 Å². The van der Waals surface area contributed by atoms with E-state index in [4.69, 9.17) is 5.11 Å². The fraction of sp³-hybridized carbons (Fsp3) is 1.00. The Morgan fingerprint density at radius 1 is 1.17 bits per heavy atom. The third kappa shape index (κ3) is 3.46. The highest BCUT2D eigenvalue weighted by Gasteiger charge is 2.36. The Labute approximate surface area is 111 Å². The maximum Gasteiger partial charge on any atom is 0.0499 e. The van der Waals surface area contributed by atoms with E-state index in [1.54, 1.807) is 0 Å². The minimum atomic E-state index is 0.167. The lowest BCUT2D eigenvalue weighted by molar-refractivity contribution is 0.0347. The largest absolute Gasteiger partial charge is 0.396 e. The summed E-state index contributed by atoms with van der Waals surface area (Å²) >= 11 is 0. The molecule has 1 saturated carbocycles. The molecule has 3 nitrogen and oxygen atoms in total. The molecule has 1 aliphatic heterocycles. The average molecular weight is 255 g/mol. The molecule has 2 aliphatic rings. The van der Waals surface area contributed by atoms with E-state index in [9.17, 15) is 5.11 Å². The van der Waals surface area contributed by atoms with Crippen molar-refractivity contribution in [1.29, 1.82) is 0 Å². The Hall–Kier alpha value is -0.120. The Kier molecular flexibility index (Phi) is 5.05. The number of hydrogen-bond acceptors (Lipinski definition) is 3. The molecule has 0 bridgehead atoms. The van der Waals surface area contributed by atoms with E-state index in [1.165, 1.54) is 32.1 Å². The van der Waals surface area contributed by atoms with E-state index in [0.29, 0.717) is 19.1 Å². The van der Waals surface area contributed by atoms with Crippen LogP contribution in [0.4, 0.5) is 0 Å². The lowest BCUT2D eigenvalue weighted by Gasteiger charge is -2.40. The molecule has 0 aromatic heterocycles. The van der Waals surface area contributed by atoms with Crippen molar-refractivity contribution in [1.82, 2.24) is 4.90 Å². The summed E-state index contributed by atoms with van der Waals surface area (Å²) in [6, 6.07) is 0. The van der Waals surface area contributed by atoms with Gasteiger partial charge in [0.25, 0.3) is 0 Å². The monoisotopic (exact) mass is 255 g/mol. The molecule has 2 fully saturated rings. The number of rotatable bonds is 5. The van der Waals surface area contributed by atoms with Crippen LogP contribution in [0.3, 0.4) is 0 Å². The van der Waals surface area contributed by atoms with Crippen LogP contribution < -0.4 is 0 Å². The Bertz CT molecular complexity index is 249. The van der Waals surface area contributed by atoms with Gasteiger partial charge in [0.05, 0.1) is 0 Å². The van der Waals surface area contributed by atoms with Gasteiger partial charge in [0.1, 0.15) is 0 Å². The van der Waals surface area contributed by atoms with Crippen molar-refractivity contribution in [2.45, 2.75) is 45.4 Å². The summed E-state index contributed by atoms with van der Waals surface area (Å²) in [5.74, 6) is 1.51. The third-order valence-corrected chi connectivity index (χ3v) is 5.14. The van der Waals surface area contributed by atoms with Crippen molar-refractivity contribution in [2.24, 2.45) is 17.3 Å². The maximum atomic E-state index is 9.79. The molecule has 1 atom stereocenters. The van der Waals surface area contributed by atoms with Gasteiger partial charge in [0, 0.05) is 31.7 Å². The van der Waals surface area contributed by atoms with Gasteiger partial charge in [-0.1, -0.05) is 19.8 Å². The first kappa shape index (κ1) is 14.3. The Morgan fingerprint density at radius 3 is 2.50 bits per heavy atom. The van der Waals surface area contributed by atoms with E-state index < -0.39 is 0 Å². The van der Waals surface area contributed by atoms with Gasteiger partial charge in [0.15, 0.2) is 0 Å². The summed E-state index contributed by atoms with van der Waals surface area (Å²) in [6.07, 6.45) is 7.08. The molecule has 3 heteroatoms. The number of nitrogens with zero attached hydrogens (tertiary/aromatic N) is 1. The lowest BCUT2D eigenvalue weighted by atomic mass is 9.71. The first-order valence-corrected chi connectivity index (χ1v) is 7.61. The molecular weight excluding hydrogens is 226 g/mol. The van der Waals surface area contributed by atoms with E-state index in [-0.39, 0.29) is 5.41 Å². The quantitative estimate of drug-likeness (QED) is 0.788. The first-order valence-electron chi connectivity index (χ1n) is 7.61. The summed E-state index contributed by atoms with van der Waals surface area (Å²) in [4.78, 5) is 2.52. The molecule has 1 saturated heterocycles. The molecule has 0 amide bonds. The van der Waals surface area contributed by atoms with Crippen molar-refractivity contribution in [3.05, 3.63) is 0 Å². The second-order valence-corrected chi connectivity index (χ2v) is 6.74. The molecule has 106 valence electrons. The molecule has 1 aliphatic carbocycles. The molecule has 0 aromatic carbocycles. The number of aliphatic hydroxyl groups excluding tert-OH is 2. The smallest absolute Gasteiger partial charge is 0.0499 e. The summed E-state index contributed by atoms with van der Waals surface area (Å²) in [5, 5.41) is 18.8. The average Bonchev–Trinajstić information content (AvgIpc) is 2.80. The topological polar surface area (TPSA) is 43.7 Å². The van der Waals surface area contributed by atoms with Gasteiger partial charge in [-0.3, -0.25) is 0 Å². The maximum absolute atomic E-state index is 9.79. The van der Waals surface area contributed by atoms with E-state index >= 15 is 0 Å². The van der Waals surface area contributed by atoms with E-state index in [0.717, 1.165) is 32.0 Å².